The lowest BCUT2D eigenvalue weighted by Crippen LogP contribution is -2.56. The third kappa shape index (κ3) is 5.10. The van der Waals surface area contributed by atoms with Crippen LogP contribution in [0.25, 0.3) is 0 Å². The van der Waals surface area contributed by atoms with Gasteiger partial charge in [-0.25, -0.2) is 4.79 Å². The van der Waals surface area contributed by atoms with E-state index in [-0.39, 0.29) is 5.91 Å². The lowest BCUT2D eigenvalue weighted by Gasteiger charge is -2.24. The first-order chi connectivity index (χ1) is 9.77. The zero-order chi connectivity index (χ0) is 16.0. The molecule has 0 unspecified atom stereocenters. The predicted molar refractivity (Wildman–Crippen MR) is 84.8 cm³/mol. The number of amides is 3. The molecule has 0 radical (unpaired) electrons. The summed E-state index contributed by atoms with van der Waals surface area (Å²) in [6.45, 7) is 3.66. The van der Waals surface area contributed by atoms with Gasteiger partial charge in [-0.2, -0.15) is 0 Å². The highest BCUT2D eigenvalue weighted by Crippen LogP contribution is 2.25. The van der Waals surface area contributed by atoms with Gasteiger partial charge < -0.3 is 16.0 Å². The standard InChI is InChI=1S/C14H19Cl2N3O2/c1-14(2,19-13(21)17-3)12(20)18-8-7-9-5-4-6-10(15)11(9)16/h4-6H,7-8H2,1-3H3,(H,18,20)(H2,17,19,21). The van der Waals surface area contributed by atoms with Gasteiger partial charge in [0.25, 0.3) is 0 Å². The first-order valence-electron chi connectivity index (χ1n) is 6.49. The number of urea groups is 1. The summed E-state index contributed by atoms with van der Waals surface area (Å²) in [7, 11) is 1.49. The smallest absolute Gasteiger partial charge is 0.315 e. The maximum atomic E-state index is 12.0. The average Bonchev–Trinajstić information content (AvgIpc) is 2.42. The summed E-state index contributed by atoms with van der Waals surface area (Å²) in [4.78, 5) is 23.3. The summed E-state index contributed by atoms with van der Waals surface area (Å²) in [6, 6.07) is 4.96. The Morgan fingerprint density at radius 1 is 1.24 bits per heavy atom. The van der Waals surface area contributed by atoms with E-state index in [1.54, 1.807) is 19.9 Å². The fourth-order valence-corrected chi connectivity index (χ4v) is 2.09. The molecule has 116 valence electrons. The first kappa shape index (κ1) is 17.6. The zero-order valence-electron chi connectivity index (χ0n) is 12.2. The predicted octanol–water partition coefficient (Wildman–Crippen LogP) is 2.36. The van der Waals surface area contributed by atoms with Crippen molar-refractivity contribution in [2.24, 2.45) is 0 Å². The third-order valence-corrected chi connectivity index (χ3v) is 3.79. The van der Waals surface area contributed by atoms with Crippen LogP contribution >= 0.6 is 23.2 Å². The SMILES string of the molecule is CNC(=O)NC(C)(C)C(=O)NCCc1cccc(Cl)c1Cl. The topological polar surface area (TPSA) is 70.2 Å². The maximum Gasteiger partial charge on any atom is 0.315 e. The average molecular weight is 332 g/mol. The van der Waals surface area contributed by atoms with E-state index in [4.69, 9.17) is 23.2 Å². The minimum atomic E-state index is -1.00. The van der Waals surface area contributed by atoms with Crippen LogP contribution < -0.4 is 16.0 Å². The Labute approximate surface area is 134 Å². The van der Waals surface area contributed by atoms with Gasteiger partial charge in [-0.3, -0.25) is 4.79 Å². The minimum absolute atomic E-state index is 0.274. The third-order valence-electron chi connectivity index (χ3n) is 2.93. The van der Waals surface area contributed by atoms with Gasteiger partial charge in [-0.05, 0) is 31.9 Å². The molecular formula is C14H19Cl2N3O2. The van der Waals surface area contributed by atoms with Crippen molar-refractivity contribution in [1.82, 2.24) is 16.0 Å². The Balaban J connectivity index is 2.53. The van der Waals surface area contributed by atoms with Gasteiger partial charge in [-0.15, -0.1) is 0 Å². The van der Waals surface area contributed by atoms with Crippen molar-refractivity contribution >= 4 is 35.1 Å². The second-order valence-electron chi connectivity index (χ2n) is 5.05. The van der Waals surface area contributed by atoms with Crippen LogP contribution in [0.3, 0.4) is 0 Å². The van der Waals surface area contributed by atoms with E-state index in [1.807, 2.05) is 12.1 Å². The van der Waals surface area contributed by atoms with E-state index in [0.717, 1.165) is 5.56 Å². The lowest BCUT2D eigenvalue weighted by atomic mass is 10.0. The molecule has 0 saturated carbocycles. The Kier molecular flexibility index (Phi) is 6.30. The largest absolute Gasteiger partial charge is 0.354 e. The van der Waals surface area contributed by atoms with E-state index in [2.05, 4.69) is 16.0 Å². The molecule has 1 aromatic rings. The van der Waals surface area contributed by atoms with Crippen LogP contribution in [-0.2, 0) is 11.2 Å². The van der Waals surface area contributed by atoms with Crippen molar-refractivity contribution in [1.29, 1.82) is 0 Å². The van der Waals surface area contributed by atoms with Crippen molar-refractivity contribution in [3.63, 3.8) is 0 Å². The number of hydrogen-bond donors (Lipinski definition) is 3. The van der Waals surface area contributed by atoms with Gasteiger partial charge in [0.05, 0.1) is 10.0 Å². The number of hydrogen-bond acceptors (Lipinski definition) is 2. The fourth-order valence-electron chi connectivity index (χ4n) is 1.68. The number of halogens is 2. The number of benzene rings is 1. The van der Waals surface area contributed by atoms with Gasteiger partial charge in [-0.1, -0.05) is 35.3 Å². The second kappa shape index (κ2) is 7.52. The van der Waals surface area contributed by atoms with Crippen molar-refractivity contribution in [3.8, 4) is 0 Å². The Bertz CT molecular complexity index is 533. The Morgan fingerprint density at radius 3 is 2.52 bits per heavy atom. The van der Waals surface area contributed by atoms with Crippen molar-refractivity contribution in [2.75, 3.05) is 13.6 Å². The molecule has 3 amide bonds. The van der Waals surface area contributed by atoms with Crippen LogP contribution in [0.15, 0.2) is 18.2 Å². The van der Waals surface area contributed by atoms with E-state index in [1.165, 1.54) is 7.05 Å². The molecule has 0 aliphatic carbocycles. The van der Waals surface area contributed by atoms with Crippen LogP contribution in [0.5, 0.6) is 0 Å². The number of nitrogens with one attached hydrogen (secondary N) is 3. The highest BCUT2D eigenvalue weighted by Gasteiger charge is 2.28. The van der Waals surface area contributed by atoms with Gasteiger partial charge in [0.15, 0.2) is 0 Å². The first-order valence-corrected chi connectivity index (χ1v) is 7.24. The van der Waals surface area contributed by atoms with Gasteiger partial charge in [0, 0.05) is 13.6 Å². The van der Waals surface area contributed by atoms with E-state index in [9.17, 15) is 9.59 Å². The van der Waals surface area contributed by atoms with Crippen LogP contribution in [-0.4, -0.2) is 31.1 Å². The quantitative estimate of drug-likeness (QED) is 0.775. The van der Waals surface area contributed by atoms with E-state index >= 15 is 0 Å². The summed E-state index contributed by atoms with van der Waals surface area (Å²) in [6.07, 6.45) is 0.557. The van der Waals surface area contributed by atoms with Crippen LogP contribution in [0.4, 0.5) is 4.79 Å². The van der Waals surface area contributed by atoms with Crippen molar-refractivity contribution in [3.05, 3.63) is 33.8 Å². The minimum Gasteiger partial charge on any atom is -0.354 e. The van der Waals surface area contributed by atoms with Gasteiger partial charge in [0.2, 0.25) is 5.91 Å². The molecule has 0 atom stereocenters. The molecule has 0 saturated heterocycles. The van der Waals surface area contributed by atoms with Crippen LogP contribution in [0, 0.1) is 0 Å². The molecule has 21 heavy (non-hydrogen) atoms. The molecule has 0 bridgehead atoms. The molecule has 0 aliphatic heterocycles. The summed E-state index contributed by atoms with van der Waals surface area (Å²) >= 11 is 12.0. The molecule has 0 heterocycles. The molecule has 0 spiro atoms. The monoisotopic (exact) mass is 331 g/mol. The molecule has 0 fully saturated rings. The second-order valence-corrected chi connectivity index (χ2v) is 5.83. The normalized spacial score (nSPS) is 10.9. The number of carbonyl (C=O) groups is 2. The zero-order valence-corrected chi connectivity index (χ0v) is 13.7. The number of carbonyl (C=O) groups excluding carboxylic acids is 2. The highest BCUT2D eigenvalue weighted by atomic mass is 35.5. The van der Waals surface area contributed by atoms with Crippen molar-refractivity contribution in [2.45, 2.75) is 25.8 Å². The summed E-state index contributed by atoms with van der Waals surface area (Å²) in [5.41, 5.74) is -0.139. The molecule has 1 rings (SSSR count). The number of rotatable bonds is 5. The molecule has 3 N–H and O–H groups in total. The Hall–Kier alpha value is -1.46. The molecule has 0 aromatic heterocycles. The fraction of sp³-hybridized carbons (Fsp3) is 0.429. The van der Waals surface area contributed by atoms with Crippen molar-refractivity contribution < 1.29 is 9.59 Å². The molecule has 0 aliphatic rings. The Morgan fingerprint density at radius 2 is 1.90 bits per heavy atom. The molecule has 5 nitrogen and oxygen atoms in total. The summed E-state index contributed by atoms with van der Waals surface area (Å²) in [5, 5.41) is 8.72. The van der Waals surface area contributed by atoms with Gasteiger partial charge >= 0.3 is 6.03 Å². The maximum absolute atomic E-state index is 12.0. The molecule has 7 heteroatoms. The van der Waals surface area contributed by atoms with Gasteiger partial charge in [0.1, 0.15) is 5.54 Å². The van der Waals surface area contributed by atoms with Crippen LogP contribution in [0.1, 0.15) is 19.4 Å². The summed E-state index contributed by atoms with van der Waals surface area (Å²) < 4.78 is 0. The molecule has 1 aromatic carbocycles. The summed E-state index contributed by atoms with van der Waals surface area (Å²) in [5.74, 6) is -0.274. The van der Waals surface area contributed by atoms with E-state index < -0.39 is 11.6 Å². The van der Waals surface area contributed by atoms with Crippen LogP contribution in [0.2, 0.25) is 10.0 Å². The van der Waals surface area contributed by atoms with E-state index in [0.29, 0.717) is 23.0 Å². The highest BCUT2D eigenvalue weighted by molar-refractivity contribution is 6.42. The lowest BCUT2D eigenvalue weighted by molar-refractivity contribution is -0.126. The molecular weight excluding hydrogens is 313 g/mol.